The van der Waals surface area contributed by atoms with Crippen molar-refractivity contribution in [1.29, 1.82) is 0 Å². The number of halogens is 1. The molecular formula is C13H20BrNO. The Hall–Kier alpha value is -0.280. The Morgan fingerprint density at radius 1 is 1.12 bits per heavy atom. The van der Waals surface area contributed by atoms with Crippen LogP contribution < -0.4 is 5.73 Å². The van der Waals surface area contributed by atoms with E-state index in [0.717, 1.165) is 10.4 Å². The fraction of sp³-hybridized carbons (Fsp3) is 0.692. The zero-order valence-electron chi connectivity index (χ0n) is 9.62. The number of rotatable bonds is 2. The van der Waals surface area contributed by atoms with E-state index in [4.69, 9.17) is 10.2 Å². The predicted octanol–water partition coefficient (Wildman–Crippen LogP) is 4.40. The van der Waals surface area contributed by atoms with Crippen molar-refractivity contribution < 1.29 is 4.42 Å². The molecule has 1 saturated carbocycles. The van der Waals surface area contributed by atoms with Crippen LogP contribution >= 0.6 is 15.9 Å². The van der Waals surface area contributed by atoms with E-state index in [1.54, 1.807) is 0 Å². The van der Waals surface area contributed by atoms with Crippen LogP contribution in [0.15, 0.2) is 21.2 Å². The van der Waals surface area contributed by atoms with Crippen LogP contribution in [0.25, 0.3) is 0 Å². The number of hydrogen-bond donors (Lipinski definition) is 1. The number of furan rings is 1. The lowest BCUT2D eigenvalue weighted by Crippen LogP contribution is -2.21. The van der Waals surface area contributed by atoms with Crippen LogP contribution in [0, 0.1) is 5.92 Å². The SMILES string of the molecule is NC(c1ccc(Br)o1)C1CCCCCCC1. The second-order valence-electron chi connectivity index (χ2n) is 4.77. The van der Waals surface area contributed by atoms with Crippen LogP contribution in [-0.4, -0.2) is 0 Å². The fourth-order valence-corrected chi connectivity index (χ4v) is 2.91. The van der Waals surface area contributed by atoms with Gasteiger partial charge in [-0.1, -0.05) is 32.1 Å². The lowest BCUT2D eigenvalue weighted by molar-refractivity contribution is 0.294. The standard InChI is InChI=1S/C13H20BrNO/c14-12-9-8-11(16-12)13(15)10-6-4-2-1-3-5-7-10/h8-10,13H,1-7,15H2. The molecule has 1 aromatic heterocycles. The summed E-state index contributed by atoms with van der Waals surface area (Å²) in [7, 11) is 0. The quantitative estimate of drug-likeness (QED) is 0.875. The highest BCUT2D eigenvalue weighted by Gasteiger charge is 2.22. The Morgan fingerprint density at radius 2 is 1.75 bits per heavy atom. The lowest BCUT2D eigenvalue weighted by atomic mass is 9.85. The molecule has 1 aliphatic rings. The number of nitrogens with two attached hydrogens (primary N) is 1. The molecule has 0 amide bonds. The molecule has 0 aromatic carbocycles. The van der Waals surface area contributed by atoms with Gasteiger partial charge in [0.2, 0.25) is 0 Å². The van der Waals surface area contributed by atoms with Crippen LogP contribution in [0.5, 0.6) is 0 Å². The maximum atomic E-state index is 6.29. The Bertz CT molecular complexity index is 315. The molecule has 0 saturated heterocycles. The highest BCUT2D eigenvalue weighted by molar-refractivity contribution is 9.10. The van der Waals surface area contributed by atoms with Gasteiger partial charge in [0.05, 0.1) is 6.04 Å². The Labute approximate surface area is 106 Å². The van der Waals surface area contributed by atoms with Gasteiger partial charge in [0.1, 0.15) is 5.76 Å². The largest absolute Gasteiger partial charge is 0.453 e. The van der Waals surface area contributed by atoms with Crippen molar-refractivity contribution >= 4 is 15.9 Å². The molecule has 1 aromatic rings. The van der Waals surface area contributed by atoms with Crippen molar-refractivity contribution in [3.05, 3.63) is 22.6 Å². The van der Waals surface area contributed by atoms with Gasteiger partial charge in [-0.05, 0) is 46.8 Å². The molecule has 0 spiro atoms. The second kappa shape index (κ2) is 5.87. The molecule has 2 nitrogen and oxygen atoms in total. The van der Waals surface area contributed by atoms with Gasteiger partial charge in [-0.15, -0.1) is 0 Å². The third-order valence-corrected chi connectivity index (χ3v) is 4.01. The third-order valence-electron chi connectivity index (χ3n) is 3.58. The summed E-state index contributed by atoms with van der Waals surface area (Å²) in [5.41, 5.74) is 6.29. The van der Waals surface area contributed by atoms with E-state index in [9.17, 15) is 0 Å². The van der Waals surface area contributed by atoms with Crippen LogP contribution in [0.1, 0.15) is 56.7 Å². The van der Waals surface area contributed by atoms with Crippen LogP contribution in [0.2, 0.25) is 0 Å². The van der Waals surface area contributed by atoms with Gasteiger partial charge in [0, 0.05) is 0 Å². The average Bonchev–Trinajstić information content (AvgIpc) is 2.63. The molecule has 2 N–H and O–H groups in total. The highest BCUT2D eigenvalue weighted by Crippen LogP contribution is 2.32. The summed E-state index contributed by atoms with van der Waals surface area (Å²) < 4.78 is 6.34. The predicted molar refractivity (Wildman–Crippen MR) is 69.1 cm³/mol. The molecule has 1 fully saturated rings. The molecular weight excluding hydrogens is 266 g/mol. The first kappa shape index (κ1) is 12.2. The molecule has 1 atom stereocenters. The van der Waals surface area contributed by atoms with E-state index in [1.165, 1.54) is 44.9 Å². The van der Waals surface area contributed by atoms with E-state index >= 15 is 0 Å². The van der Waals surface area contributed by atoms with Gasteiger partial charge in [-0.2, -0.15) is 0 Å². The van der Waals surface area contributed by atoms with Crippen molar-refractivity contribution in [2.45, 2.75) is 51.0 Å². The van der Waals surface area contributed by atoms with Gasteiger partial charge in [0.25, 0.3) is 0 Å². The second-order valence-corrected chi connectivity index (χ2v) is 5.55. The topological polar surface area (TPSA) is 39.2 Å². The van der Waals surface area contributed by atoms with E-state index in [-0.39, 0.29) is 6.04 Å². The first-order valence-electron chi connectivity index (χ1n) is 6.28. The highest BCUT2D eigenvalue weighted by atomic mass is 79.9. The van der Waals surface area contributed by atoms with E-state index < -0.39 is 0 Å². The molecule has 2 rings (SSSR count). The van der Waals surface area contributed by atoms with Crippen LogP contribution in [0.3, 0.4) is 0 Å². The fourth-order valence-electron chi connectivity index (χ4n) is 2.59. The molecule has 1 aliphatic carbocycles. The van der Waals surface area contributed by atoms with Gasteiger partial charge in [0.15, 0.2) is 4.67 Å². The summed E-state index contributed by atoms with van der Waals surface area (Å²) >= 11 is 3.33. The van der Waals surface area contributed by atoms with Gasteiger partial charge >= 0.3 is 0 Å². The first-order valence-corrected chi connectivity index (χ1v) is 7.07. The lowest BCUT2D eigenvalue weighted by Gasteiger charge is -2.24. The summed E-state index contributed by atoms with van der Waals surface area (Å²) in [5, 5.41) is 0. The molecule has 0 aliphatic heterocycles. The summed E-state index contributed by atoms with van der Waals surface area (Å²) in [6.45, 7) is 0. The Kier molecular flexibility index (Phi) is 4.47. The van der Waals surface area contributed by atoms with Crippen molar-refractivity contribution in [3.63, 3.8) is 0 Å². The van der Waals surface area contributed by atoms with Gasteiger partial charge < -0.3 is 10.2 Å². The minimum absolute atomic E-state index is 0.0735. The van der Waals surface area contributed by atoms with Crippen molar-refractivity contribution in [2.24, 2.45) is 11.7 Å². The molecule has 90 valence electrons. The van der Waals surface area contributed by atoms with Crippen LogP contribution in [-0.2, 0) is 0 Å². The summed E-state index contributed by atoms with van der Waals surface area (Å²) in [4.78, 5) is 0. The first-order chi connectivity index (χ1) is 7.77. The molecule has 0 radical (unpaired) electrons. The Balaban J connectivity index is 1.98. The average molecular weight is 286 g/mol. The molecule has 0 bridgehead atoms. The summed E-state index contributed by atoms with van der Waals surface area (Å²) in [6, 6.07) is 4.00. The smallest absolute Gasteiger partial charge is 0.169 e. The third kappa shape index (κ3) is 3.11. The normalized spacial score (nSPS) is 21.4. The molecule has 1 unspecified atom stereocenters. The zero-order chi connectivity index (χ0) is 11.4. The maximum Gasteiger partial charge on any atom is 0.169 e. The molecule has 1 heterocycles. The zero-order valence-corrected chi connectivity index (χ0v) is 11.2. The van der Waals surface area contributed by atoms with Gasteiger partial charge in [-0.3, -0.25) is 0 Å². The number of hydrogen-bond acceptors (Lipinski definition) is 2. The van der Waals surface area contributed by atoms with Crippen LogP contribution in [0.4, 0.5) is 0 Å². The van der Waals surface area contributed by atoms with Crippen molar-refractivity contribution in [3.8, 4) is 0 Å². The summed E-state index contributed by atoms with van der Waals surface area (Å²) in [5.74, 6) is 1.52. The Morgan fingerprint density at radius 3 is 2.31 bits per heavy atom. The van der Waals surface area contributed by atoms with Crippen molar-refractivity contribution in [2.75, 3.05) is 0 Å². The minimum Gasteiger partial charge on any atom is -0.453 e. The monoisotopic (exact) mass is 285 g/mol. The maximum absolute atomic E-state index is 6.29. The van der Waals surface area contributed by atoms with E-state index in [0.29, 0.717) is 5.92 Å². The molecule has 3 heteroatoms. The van der Waals surface area contributed by atoms with Gasteiger partial charge in [-0.25, -0.2) is 0 Å². The van der Waals surface area contributed by atoms with E-state index in [1.807, 2.05) is 12.1 Å². The minimum atomic E-state index is 0.0735. The summed E-state index contributed by atoms with van der Waals surface area (Å²) in [6.07, 6.45) is 9.27. The van der Waals surface area contributed by atoms with Crippen molar-refractivity contribution in [1.82, 2.24) is 0 Å². The van der Waals surface area contributed by atoms with E-state index in [2.05, 4.69) is 15.9 Å². The molecule has 16 heavy (non-hydrogen) atoms.